The number of ether oxygens (including phenoxy) is 1. The number of carbonyl (C=O) groups excluding carboxylic acids is 1. The van der Waals surface area contributed by atoms with E-state index in [1.165, 1.54) is 5.69 Å². The Bertz CT molecular complexity index is 1360. The number of likely N-dealkylation sites (N-methyl/N-ethyl adjacent to an activating group) is 1. The Morgan fingerprint density at radius 3 is 2.74 bits per heavy atom. The number of carbonyl (C=O) groups is 1. The van der Waals surface area contributed by atoms with Gasteiger partial charge in [0.15, 0.2) is 11.5 Å². The number of nitrogens with one attached hydrogen (secondary N) is 2. The van der Waals surface area contributed by atoms with E-state index in [9.17, 15) is 4.79 Å². The zero-order valence-corrected chi connectivity index (χ0v) is 18.9. The lowest BCUT2D eigenvalue weighted by Gasteiger charge is -2.29. The van der Waals surface area contributed by atoms with E-state index in [1.807, 2.05) is 46.9 Å². The van der Waals surface area contributed by atoms with Crippen LogP contribution in [-0.4, -0.2) is 60.2 Å². The second kappa shape index (κ2) is 8.35. The van der Waals surface area contributed by atoms with Crippen molar-refractivity contribution >= 4 is 40.1 Å². The van der Waals surface area contributed by atoms with Gasteiger partial charge in [0.2, 0.25) is 5.91 Å². The number of rotatable bonds is 4. The molecular weight excluding hydrogens is 430 g/mol. The summed E-state index contributed by atoms with van der Waals surface area (Å²) in [7, 11) is 1.92. The molecule has 9 nitrogen and oxygen atoms in total. The van der Waals surface area contributed by atoms with Crippen molar-refractivity contribution in [3.8, 4) is 11.3 Å². The van der Waals surface area contributed by atoms with E-state index in [0.29, 0.717) is 12.4 Å². The molecule has 0 bridgehead atoms. The number of fused-ring (bicyclic) bond motifs is 2. The van der Waals surface area contributed by atoms with Gasteiger partial charge in [0.25, 0.3) is 0 Å². The van der Waals surface area contributed by atoms with Gasteiger partial charge in [-0.05, 0) is 36.4 Å². The molecule has 4 aromatic rings. The smallest absolute Gasteiger partial charge is 0.243 e. The van der Waals surface area contributed by atoms with E-state index < -0.39 is 0 Å². The number of nitrogens with zero attached hydrogens (tertiary/aromatic N) is 5. The molecule has 2 aromatic heterocycles. The summed E-state index contributed by atoms with van der Waals surface area (Å²) in [5.41, 5.74) is 6.34. The van der Waals surface area contributed by atoms with Gasteiger partial charge >= 0.3 is 0 Å². The maximum absolute atomic E-state index is 12.0. The number of hydrogen-bond donors (Lipinski definition) is 2. The fourth-order valence-corrected chi connectivity index (χ4v) is 4.49. The first-order chi connectivity index (χ1) is 16.6. The molecule has 34 heavy (non-hydrogen) atoms. The maximum atomic E-state index is 12.0. The Kier molecular flexibility index (Phi) is 5.03. The molecule has 172 valence electrons. The van der Waals surface area contributed by atoms with Crippen LogP contribution in [0.25, 0.3) is 16.9 Å². The standard InChI is InChI=1S/C25H25N7O2/c1-30-16-23(33)28-20-14-17(2-7-22(20)30)21-15-32-9-8-26-25(32)24(29-21)27-18-3-5-19(6-4-18)31-10-12-34-13-11-31/h2-9,14-15H,10-13,16H2,1H3,(H,27,29)(H,28,33). The van der Waals surface area contributed by atoms with Crippen molar-refractivity contribution in [3.63, 3.8) is 0 Å². The van der Waals surface area contributed by atoms with Gasteiger partial charge in [0, 0.05) is 55.7 Å². The van der Waals surface area contributed by atoms with Crippen molar-refractivity contribution < 1.29 is 9.53 Å². The van der Waals surface area contributed by atoms with Gasteiger partial charge in [0.1, 0.15) is 0 Å². The minimum absolute atomic E-state index is 0.0203. The summed E-state index contributed by atoms with van der Waals surface area (Å²) < 4.78 is 7.41. The van der Waals surface area contributed by atoms with Crippen LogP contribution in [0.5, 0.6) is 0 Å². The molecule has 0 radical (unpaired) electrons. The van der Waals surface area contributed by atoms with E-state index in [-0.39, 0.29) is 5.91 Å². The number of anilines is 5. The molecule has 0 atom stereocenters. The minimum Gasteiger partial charge on any atom is -0.378 e. The molecule has 0 unspecified atom stereocenters. The van der Waals surface area contributed by atoms with Gasteiger partial charge < -0.3 is 29.6 Å². The fourth-order valence-electron chi connectivity index (χ4n) is 4.49. The summed E-state index contributed by atoms with van der Waals surface area (Å²) in [6.45, 7) is 3.68. The molecule has 1 amide bonds. The predicted molar refractivity (Wildman–Crippen MR) is 133 cm³/mol. The number of morpholine rings is 1. The Labute approximate surface area is 197 Å². The van der Waals surface area contributed by atoms with Crippen molar-refractivity contribution in [2.75, 3.05) is 60.3 Å². The summed E-state index contributed by atoms with van der Waals surface area (Å²) in [6.07, 6.45) is 5.61. The zero-order valence-electron chi connectivity index (χ0n) is 18.9. The number of benzene rings is 2. The number of amides is 1. The predicted octanol–water partition coefficient (Wildman–Crippen LogP) is 3.36. The summed E-state index contributed by atoms with van der Waals surface area (Å²) in [6, 6.07) is 14.4. The fraction of sp³-hybridized carbons (Fsp3) is 0.240. The SMILES string of the molecule is CN1CC(=O)Nc2cc(-c3cn4ccnc4c(Nc4ccc(N5CCOCC5)cc4)n3)ccc21. The minimum atomic E-state index is -0.0203. The third kappa shape index (κ3) is 3.80. The Hall–Kier alpha value is -4.11. The van der Waals surface area contributed by atoms with Gasteiger partial charge in [0.05, 0.1) is 36.8 Å². The average Bonchev–Trinajstić information content (AvgIpc) is 3.34. The highest BCUT2D eigenvalue weighted by atomic mass is 16.5. The first-order valence-electron chi connectivity index (χ1n) is 11.3. The van der Waals surface area contributed by atoms with E-state index in [0.717, 1.165) is 60.3 Å². The monoisotopic (exact) mass is 455 g/mol. The van der Waals surface area contributed by atoms with Crippen molar-refractivity contribution in [2.24, 2.45) is 0 Å². The second-order valence-corrected chi connectivity index (χ2v) is 8.54. The Morgan fingerprint density at radius 1 is 1.09 bits per heavy atom. The molecule has 2 aliphatic rings. The van der Waals surface area contributed by atoms with Crippen LogP contribution in [0, 0.1) is 0 Å². The van der Waals surface area contributed by atoms with Crippen LogP contribution in [0.1, 0.15) is 0 Å². The van der Waals surface area contributed by atoms with E-state index in [2.05, 4.69) is 44.8 Å². The normalized spacial score (nSPS) is 15.9. The first kappa shape index (κ1) is 20.5. The van der Waals surface area contributed by atoms with Crippen molar-refractivity contribution in [2.45, 2.75) is 0 Å². The highest BCUT2D eigenvalue weighted by Gasteiger charge is 2.20. The Balaban J connectivity index is 1.32. The molecule has 6 rings (SSSR count). The molecule has 1 fully saturated rings. The van der Waals surface area contributed by atoms with Crippen molar-refractivity contribution in [1.82, 2.24) is 14.4 Å². The lowest BCUT2D eigenvalue weighted by molar-refractivity contribution is -0.115. The molecule has 2 aromatic carbocycles. The molecule has 0 spiro atoms. The van der Waals surface area contributed by atoms with Gasteiger partial charge in [-0.1, -0.05) is 6.07 Å². The van der Waals surface area contributed by atoms with Crippen molar-refractivity contribution in [3.05, 3.63) is 61.1 Å². The summed E-state index contributed by atoms with van der Waals surface area (Å²) >= 11 is 0. The lowest BCUT2D eigenvalue weighted by atomic mass is 10.1. The molecule has 9 heteroatoms. The highest BCUT2D eigenvalue weighted by molar-refractivity contribution is 6.01. The number of aromatic nitrogens is 3. The highest BCUT2D eigenvalue weighted by Crippen LogP contribution is 2.33. The number of hydrogen-bond acceptors (Lipinski definition) is 7. The summed E-state index contributed by atoms with van der Waals surface area (Å²) in [4.78, 5) is 25.6. The van der Waals surface area contributed by atoms with E-state index in [4.69, 9.17) is 9.72 Å². The van der Waals surface area contributed by atoms with Crippen LogP contribution < -0.4 is 20.4 Å². The van der Waals surface area contributed by atoms with Gasteiger partial charge in [-0.25, -0.2) is 9.97 Å². The van der Waals surface area contributed by atoms with Gasteiger partial charge in [-0.3, -0.25) is 4.79 Å². The first-order valence-corrected chi connectivity index (χ1v) is 11.3. The third-order valence-electron chi connectivity index (χ3n) is 6.24. The quantitative estimate of drug-likeness (QED) is 0.488. The summed E-state index contributed by atoms with van der Waals surface area (Å²) in [5.74, 6) is 0.647. The molecular formula is C25H25N7O2. The average molecular weight is 456 g/mol. The van der Waals surface area contributed by atoms with E-state index >= 15 is 0 Å². The zero-order chi connectivity index (χ0) is 23.1. The van der Waals surface area contributed by atoms with Crippen LogP contribution in [-0.2, 0) is 9.53 Å². The molecule has 0 saturated carbocycles. The third-order valence-corrected chi connectivity index (χ3v) is 6.24. The number of imidazole rings is 1. The van der Waals surface area contributed by atoms with E-state index in [1.54, 1.807) is 6.20 Å². The van der Waals surface area contributed by atoms with Gasteiger partial charge in [-0.15, -0.1) is 0 Å². The van der Waals surface area contributed by atoms with Crippen LogP contribution in [0.2, 0.25) is 0 Å². The molecule has 4 heterocycles. The van der Waals surface area contributed by atoms with Crippen LogP contribution in [0.4, 0.5) is 28.6 Å². The maximum Gasteiger partial charge on any atom is 0.243 e. The van der Waals surface area contributed by atoms with Crippen LogP contribution in [0.15, 0.2) is 61.1 Å². The van der Waals surface area contributed by atoms with Gasteiger partial charge in [-0.2, -0.15) is 0 Å². The van der Waals surface area contributed by atoms with Crippen molar-refractivity contribution in [1.29, 1.82) is 0 Å². The van der Waals surface area contributed by atoms with Crippen LogP contribution in [0.3, 0.4) is 0 Å². The molecule has 1 saturated heterocycles. The lowest BCUT2D eigenvalue weighted by Crippen LogP contribution is -2.36. The molecule has 2 N–H and O–H groups in total. The topological polar surface area (TPSA) is 87.0 Å². The molecule has 2 aliphatic heterocycles. The molecule has 0 aliphatic carbocycles. The Morgan fingerprint density at radius 2 is 1.91 bits per heavy atom. The summed E-state index contributed by atoms with van der Waals surface area (Å²) in [5, 5.41) is 6.40. The van der Waals surface area contributed by atoms with Crippen LogP contribution >= 0.6 is 0 Å². The second-order valence-electron chi connectivity index (χ2n) is 8.54. The largest absolute Gasteiger partial charge is 0.378 e.